The zero-order chi connectivity index (χ0) is 23.1. The lowest BCUT2D eigenvalue weighted by atomic mass is 10.2. The van der Waals surface area contributed by atoms with Crippen molar-refractivity contribution in [2.45, 2.75) is 11.8 Å². The van der Waals surface area contributed by atoms with Gasteiger partial charge in [0.05, 0.1) is 18.0 Å². The van der Waals surface area contributed by atoms with Gasteiger partial charge in [-0.2, -0.15) is 4.72 Å². The number of aryl methyl sites for hydroxylation is 1. The molecule has 0 saturated carbocycles. The number of anilines is 1. The normalized spacial score (nSPS) is 14.6. The lowest BCUT2D eigenvalue weighted by molar-refractivity contribution is -0.117. The van der Waals surface area contributed by atoms with Crippen LogP contribution in [0, 0.1) is 19.3 Å². The van der Waals surface area contributed by atoms with E-state index >= 15 is 0 Å². The lowest BCUT2D eigenvalue weighted by Crippen LogP contribution is -2.50. The fourth-order valence-corrected chi connectivity index (χ4v) is 4.26. The largest absolute Gasteiger partial charge is 0.336 e. The third-order valence-electron chi connectivity index (χ3n) is 5.14. The average Bonchev–Trinajstić information content (AvgIpc) is 2.79. The number of benzene rings is 2. The molecule has 0 bridgehead atoms. The van der Waals surface area contributed by atoms with Gasteiger partial charge in [-0.1, -0.05) is 23.6 Å². The number of terminal acetylenes is 1. The number of carbonyl (C=O) groups excluding carboxylic acids is 2. The van der Waals surface area contributed by atoms with Crippen LogP contribution in [0.4, 0.5) is 5.69 Å². The summed E-state index contributed by atoms with van der Waals surface area (Å²) in [4.78, 5) is 28.8. The molecule has 9 heteroatoms. The van der Waals surface area contributed by atoms with Gasteiger partial charge in [0.25, 0.3) is 5.91 Å². The molecule has 1 fully saturated rings. The highest BCUT2D eigenvalue weighted by Gasteiger charge is 2.24. The van der Waals surface area contributed by atoms with E-state index in [-0.39, 0.29) is 29.8 Å². The summed E-state index contributed by atoms with van der Waals surface area (Å²) < 4.78 is 26.5. The minimum Gasteiger partial charge on any atom is -0.336 e. The number of piperazine rings is 1. The summed E-state index contributed by atoms with van der Waals surface area (Å²) in [5.41, 5.74) is 2.29. The highest BCUT2D eigenvalue weighted by molar-refractivity contribution is 7.89. The third-order valence-corrected chi connectivity index (χ3v) is 6.56. The molecule has 0 aliphatic carbocycles. The quantitative estimate of drug-likeness (QED) is 0.615. The van der Waals surface area contributed by atoms with Crippen LogP contribution < -0.4 is 10.0 Å². The maximum absolute atomic E-state index is 12.8. The van der Waals surface area contributed by atoms with E-state index in [0.29, 0.717) is 31.7 Å². The summed E-state index contributed by atoms with van der Waals surface area (Å²) in [5, 5.41) is 2.88. The number of amides is 2. The molecular weight excluding hydrogens is 428 g/mol. The summed E-state index contributed by atoms with van der Waals surface area (Å²) in [6.45, 7) is 4.27. The topological polar surface area (TPSA) is 98.8 Å². The number of hydrogen-bond donors (Lipinski definition) is 2. The molecule has 1 aliphatic heterocycles. The fraction of sp³-hybridized carbons (Fsp3) is 0.304. The van der Waals surface area contributed by atoms with E-state index in [1.54, 1.807) is 4.90 Å². The van der Waals surface area contributed by atoms with Gasteiger partial charge in [-0.25, -0.2) is 8.42 Å². The van der Waals surface area contributed by atoms with Gasteiger partial charge >= 0.3 is 0 Å². The van der Waals surface area contributed by atoms with Crippen LogP contribution in [-0.2, 0) is 14.8 Å². The Hall–Kier alpha value is -3.19. The Kier molecular flexibility index (Phi) is 7.64. The van der Waals surface area contributed by atoms with Gasteiger partial charge in [0, 0.05) is 37.4 Å². The molecule has 3 rings (SSSR count). The second kappa shape index (κ2) is 10.4. The van der Waals surface area contributed by atoms with Crippen LogP contribution in [0.25, 0.3) is 0 Å². The number of carbonyl (C=O) groups is 2. The van der Waals surface area contributed by atoms with Crippen molar-refractivity contribution in [3.8, 4) is 12.3 Å². The molecule has 0 atom stereocenters. The van der Waals surface area contributed by atoms with Crippen LogP contribution in [0.15, 0.2) is 53.4 Å². The molecule has 1 heterocycles. The molecule has 2 aromatic carbocycles. The molecule has 1 saturated heterocycles. The van der Waals surface area contributed by atoms with E-state index in [9.17, 15) is 18.0 Å². The predicted molar refractivity (Wildman–Crippen MR) is 123 cm³/mol. The molecule has 32 heavy (non-hydrogen) atoms. The van der Waals surface area contributed by atoms with Crippen LogP contribution in [0.2, 0.25) is 0 Å². The maximum atomic E-state index is 12.8. The molecule has 8 nitrogen and oxygen atoms in total. The second-order valence-corrected chi connectivity index (χ2v) is 9.30. The first-order chi connectivity index (χ1) is 15.3. The van der Waals surface area contributed by atoms with E-state index in [1.165, 1.54) is 24.3 Å². The Morgan fingerprint density at radius 3 is 2.22 bits per heavy atom. The third kappa shape index (κ3) is 6.17. The molecule has 0 aromatic heterocycles. The van der Waals surface area contributed by atoms with Crippen LogP contribution in [-0.4, -0.2) is 69.3 Å². The summed E-state index contributed by atoms with van der Waals surface area (Å²) in [5.74, 6) is 1.95. The molecule has 2 N–H and O–H groups in total. The van der Waals surface area contributed by atoms with Crippen molar-refractivity contribution in [1.29, 1.82) is 0 Å². The average molecular weight is 455 g/mol. The number of rotatable bonds is 7. The summed E-state index contributed by atoms with van der Waals surface area (Å²) in [7, 11) is -3.70. The van der Waals surface area contributed by atoms with Gasteiger partial charge in [-0.3, -0.25) is 14.5 Å². The Labute approximate surface area is 188 Å². The fourth-order valence-electron chi connectivity index (χ4n) is 3.33. The molecule has 0 radical (unpaired) electrons. The molecule has 0 unspecified atom stereocenters. The Balaban J connectivity index is 1.50. The number of hydrogen-bond acceptors (Lipinski definition) is 5. The summed E-state index contributed by atoms with van der Waals surface area (Å²) in [6, 6.07) is 13.4. The van der Waals surface area contributed by atoms with Crippen LogP contribution in [0.1, 0.15) is 15.9 Å². The molecule has 168 valence electrons. The van der Waals surface area contributed by atoms with Crippen molar-refractivity contribution < 1.29 is 18.0 Å². The highest BCUT2D eigenvalue weighted by atomic mass is 32.2. The number of sulfonamides is 1. The van der Waals surface area contributed by atoms with Crippen molar-refractivity contribution >= 4 is 27.5 Å². The van der Waals surface area contributed by atoms with Gasteiger partial charge < -0.3 is 10.2 Å². The Morgan fingerprint density at radius 2 is 1.62 bits per heavy atom. The van der Waals surface area contributed by atoms with Gasteiger partial charge in [0.15, 0.2) is 0 Å². The highest BCUT2D eigenvalue weighted by Crippen LogP contribution is 2.14. The first-order valence-corrected chi connectivity index (χ1v) is 11.7. The van der Waals surface area contributed by atoms with E-state index in [0.717, 1.165) is 11.3 Å². The van der Waals surface area contributed by atoms with Gasteiger partial charge in [0.2, 0.25) is 15.9 Å². The maximum Gasteiger partial charge on any atom is 0.253 e. The number of nitrogens with one attached hydrogen (secondary N) is 2. The monoisotopic (exact) mass is 454 g/mol. The zero-order valence-corrected chi connectivity index (χ0v) is 18.7. The minimum atomic E-state index is -3.70. The molecule has 1 aliphatic rings. The lowest BCUT2D eigenvalue weighted by Gasteiger charge is -2.34. The molecule has 2 amide bonds. The van der Waals surface area contributed by atoms with E-state index < -0.39 is 10.0 Å². The minimum absolute atomic E-state index is 0.0497. The van der Waals surface area contributed by atoms with Crippen LogP contribution in [0.5, 0.6) is 0 Å². The van der Waals surface area contributed by atoms with Crippen molar-refractivity contribution in [2.24, 2.45) is 0 Å². The molecule has 0 spiro atoms. The summed E-state index contributed by atoms with van der Waals surface area (Å²) >= 11 is 0. The van der Waals surface area contributed by atoms with Crippen LogP contribution >= 0.6 is 0 Å². The van der Waals surface area contributed by atoms with E-state index in [2.05, 4.69) is 16.0 Å². The van der Waals surface area contributed by atoms with Crippen molar-refractivity contribution in [3.05, 3.63) is 59.7 Å². The predicted octanol–water partition coefficient (Wildman–Crippen LogP) is 1.30. The SMILES string of the molecule is C#CCNS(=O)(=O)c1ccc(C(=O)N2CCN(CC(=O)Nc3ccc(C)cc3)CC2)cc1. The van der Waals surface area contributed by atoms with Crippen LogP contribution in [0.3, 0.4) is 0 Å². The Morgan fingerprint density at radius 1 is 1.00 bits per heavy atom. The first-order valence-electron chi connectivity index (χ1n) is 10.2. The molecule has 2 aromatic rings. The Bertz CT molecular complexity index is 1100. The molecular formula is C23H26N4O4S. The van der Waals surface area contributed by atoms with Gasteiger partial charge in [-0.05, 0) is 43.3 Å². The van der Waals surface area contributed by atoms with Gasteiger partial charge in [0.1, 0.15) is 0 Å². The summed E-state index contributed by atoms with van der Waals surface area (Å²) in [6.07, 6.45) is 5.08. The van der Waals surface area contributed by atoms with Crippen molar-refractivity contribution in [1.82, 2.24) is 14.5 Å². The smallest absolute Gasteiger partial charge is 0.253 e. The first kappa shape index (κ1) is 23.5. The van der Waals surface area contributed by atoms with Crippen molar-refractivity contribution in [2.75, 3.05) is 44.6 Å². The van der Waals surface area contributed by atoms with E-state index in [4.69, 9.17) is 6.42 Å². The van der Waals surface area contributed by atoms with Gasteiger partial charge in [-0.15, -0.1) is 6.42 Å². The zero-order valence-electron chi connectivity index (χ0n) is 17.9. The standard InChI is InChI=1S/C23H26N4O4S/c1-3-12-24-32(30,31)21-10-6-19(7-11-21)23(29)27-15-13-26(14-16-27)17-22(28)25-20-8-4-18(2)5-9-20/h1,4-11,24H,12-17H2,2H3,(H,25,28). The second-order valence-electron chi connectivity index (χ2n) is 7.54. The van der Waals surface area contributed by atoms with E-state index in [1.807, 2.05) is 36.1 Å². The van der Waals surface area contributed by atoms with Crippen molar-refractivity contribution in [3.63, 3.8) is 0 Å². The number of nitrogens with zero attached hydrogens (tertiary/aromatic N) is 2.